The number of anilines is 3. The minimum absolute atomic E-state index is 0.0635. The molecule has 4 fully saturated rings. The molecular formula is C28H41N9O2. The lowest BCUT2D eigenvalue weighted by Gasteiger charge is -2.42. The second-order valence-electron chi connectivity index (χ2n) is 11.7. The molecule has 6 rings (SSSR count). The number of urea groups is 1. The Morgan fingerprint density at radius 1 is 0.897 bits per heavy atom. The van der Waals surface area contributed by atoms with Crippen molar-refractivity contribution in [3.63, 3.8) is 0 Å². The Hall–Kier alpha value is -3.37. The zero-order chi connectivity index (χ0) is 26.6. The van der Waals surface area contributed by atoms with Crippen molar-refractivity contribution in [2.24, 2.45) is 0 Å². The average molecular weight is 536 g/mol. The maximum Gasteiger partial charge on any atom is 0.315 e. The monoisotopic (exact) mass is 535 g/mol. The lowest BCUT2D eigenvalue weighted by molar-refractivity contribution is -0.143. The number of H-pyrrole nitrogens is 1. The molecule has 3 amide bonds. The number of rotatable bonds is 8. The van der Waals surface area contributed by atoms with E-state index in [0.717, 1.165) is 69.5 Å². The van der Waals surface area contributed by atoms with E-state index in [1.807, 2.05) is 11.0 Å². The lowest BCUT2D eigenvalue weighted by atomic mass is 9.88. The van der Waals surface area contributed by atoms with Crippen LogP contribution in [0.3, 0.4) is 0 Å². The Bertz CT molecular complexity index is 1130. The van der Waals surface area contributed by atoms with Crippen LogP contribution in [0.15, 0.2) is 18.3 Å². The van der Waals surface area contributed by atoms with Gasteiger partial charge in [0.15, 0.2) is 5.82 Å². The molecule has 3 aliphatic carbocycles. The molecule has 3 saturated carbocycles. The number of nitrogens with zero attached hydrogens (tertiary/aromatic N) is 4. The van der Waals surface area contributed by atoms with Crippen LogP contribution >= 0.6 is 0 Å². The molecule has 11 nitrogen and oxygen atoms in total. The van der Waals surface area contributed by atoms with E-state index >= 15 is 0 Å². The summed E-state index contributed by atoms with van der Waals surface area (Å²) in [6.07, 6.45) is 15.1. The van der Waals surface area contributed by atoms with Crippen molar-refractivity contribution in [3.8, 4) is 0 Å². The first-order valence-corrected chi connectivity index (χ1v) is 14.9. The molecule has 0 radical (unpaired) electrons. The third kappa shape index (κ3) is 6.45. The highest BCUT2D eigenvalue weighted by atomic mass is 16.2. The number of hydrogen-bond acceptors (Lipinski definition) is 7. The maximum absolute atomic E-state index is 12.6. The van der Waals surface area contributed by atoms with Crippen molar-refractivity contribution >= 4 is 29.5 Å². The summed E-state index contributed by atoms with van der Waals surface area (Å²) in [6, 6.07) is 4.91. The number of carbonyl (C=O) groups is 2. The second kappa shape index (κ2) is 11.8. The van der Waals surface area contributed by atoms with Gasteiger partial charge in [-0.15, -0.1) is 0 Å². The van der Waals surface area contributed by atoms with Crippen molar-refractivity contribution in [1.29, 1.82) is 0 Å². The van der Waals surface area contributed by atoms with E-state index in [-0.39, 0.29) is 30.1 Å². The molecule has 0 aromatic carbocycles. The minimum Gasteiger partial charge on any atom is -0.351 e. The highest BCUT2D eigenvalue weighted by Crippen LogP contribution is 2.34. The van der Waals surface area contributed by atoms with Gasteiger partial charge in [0.1, 0.15) is 5.82 Å². The summed E-state index contributed by atoms with van der Waals surface area (Å²) in [5.74, 6) is 2.98. The highest BCUT2D eigenvalue weighted by molar-refractivity contribution is 5.82. The summed E-state index contributed by atoms with van der Waals surface area (Å²) in [5.41, 5.74) is 1.20. The maximum atomic E-state index is 12.6. The zero-order valence-corrected chi connectivity index (χ0v) is 22.6. The van der Waals surface area contributed by atoms with Crippen molar-refractivity contribution in [1.82, 2.24) is 35.7 Å². The number of aromatic nitrogens is 4. The molecule has 11 heteroatoms. The molecule has 5 N–H and O–H groups in total. The van der Waals surface area contributed by atoms with Gasteiger partial charge in [-0.05, 0) is 70.3 Å². The highest BCUT2D eigenvalue weighted by Gasteiger charge is 2.34. The van der Waals surface area contributed by atoms with Gasteiger partial charge in [0.05, 0.1) is 0 Å². The topological polar surface area (TPSA) is 140 Å². The van der Waals surface area contributed by atoms with Crippen molar-refractivity contribution in [2.45, 2.75) is 114 Å². The van der Waals surface area contributed by atoms with Crippen LogP contribution in [0.4, 0.5) is 22.4 Å². The fourth-order valence-corrected chi connectivity index (χ4v) is 6.70. The van der Waals surface area contributed by atoms with Crippen molar-refractivity contribution < 1.29 is 9.59 Å². The van der Waals surface area contributed by atoms with Crippen LogP contribution in [0.2, 0.25) is 0 Å². The smallest absolute Gasteiger partial charge is 0.315 e. The van der Waals surface area contributed by atoms with Crippen molar-refractivity contribution in [3.05, 3.63) is 24.0 Å². The summed E-state index contributed by atoms with van der Waals surface area (Å²) in [4.78, 5) is 35.4. The summed E-state index contributed by atoms with van der Waals surface area (Å²) < 4.78 is 0. The predicted molar refractivity (Wildman–Crippen MR) is 149 cm³/mol. The van der Waals surface area contributed by atoms with Gasteiger partial charge < -0.3 is 26.2 Å². The summed E-state index contributed by atoms with van der Waals surface area (Å²) in [7, 11) is 0. The van der Waals surface area contributed by atoms with Crippen LogP contribution in [0.5, 0.6) is 0 Å². The van der Waals surface area contributed by atoms with Gasteiger partial charge >= 0.3 is 6.03 Å². The normalized spacial score (nSPS) is 27.6. The number of aromatic amines is 1. The van der Waals surface area contributed by atoms with Crippen molar-refractivity contribution in [2.75, 3.05) is 17.2 Å². The molecule has 2 aromatic rings. The van der Waals surface area contributed by atoms with E-state index < -0.39 is 0 Å². The third-order valence-electron chi connectivity index (χ3n) is 9.06. The van der Waals surface area contributed by atoms with Gasteiger partial charge in [-0.1, -0.05) is 12.8 Å². The first kappa shape index (κ1) is 25.9. The molecule has 3 heterocycles. The van der Waals surface area contributed by atoms with E-state index in [9.17, 15) is 9.59 Å². The number of nitrogens with one attached hydrogen (secondary N) is 5. The van der Waals surface area contributed by atoms with E-state index in [1.165, 1.54) is 31.4 Å². The third-order valence-corrected chi connectivity index (χ3v) is 9.06. The Labute approximate surface area is 229 Å². The van der Waals surface area contributed by atoms with Crippen LogP contribution in [0.25, 0.3) is 0 Å². The largest absolute Gasteiger partial charge is 0.351 e. The number of β-lactam (4-membered cyclic amide) rings is 1. The summed E-state index contributed by atoms with van der Waals surface area (Å²) in [5, 5.41) is 20.7. The van der Waals surface area contributed by atoms with Crippen LogP contribution in [-0.4, -0.2) is 67.7 Å². The Kier molecular flexibility index (Phi) is 7.83. The number of hydrogen-bond donors (Lipinski definition) is 5. The number of likely N-dealkylation sites (tertiary alicyclic amines) is 1. The predicted octanol–water partition coefficient (Wildman–Crippen LogP) is 4.17. The molecule has 0 unspecified atom stereocenters. The van der Waals surface area contributed by atoms with Crippen LogP contribution in [0, 0.1) is 0 Å². The molecule has 0 spiro atoms. The van der Waals surface area contributed by atoms with Gasteiger partial charge in [0, 0.05) is 61.0 Å². The first-order valence-electron chi connectivity index (χ1n) is 14.9. The van der Waals surface area contributed by atoms with Gasteiger partial charge in [0.2, 0.25) is 11.9 Å². The van der Waals surface area contributed by atoms with Gasteiger partial charge in [-0.3, -0.25) is 9.89 Å². The summed E-state index contributed by atoms with van der Waals surface area (Å²) in [6.45, 7) is 0.903. The van der Waals surface area contributed by atoms with Crippen LogP contribution in [0.1, 0.15) is 95.1 Å². The first-order chi connectivity index (χ1) is 19.1. The molecule has 4 aliphatic rings. The second-order valence-corrected chi connectivity index (χ2v) is 11.7. The zero-order valence-electron chi connectivity index (χ0n) is 22.6. The average Bonchev–Trinajstić information content (AvgIpc) is 3.63. The standard InChI is InChI=1S/C28H41N9O2/c38-26-14-16-37(26)22-11-9-21(10-12-22)32-28(39)31-20-7-5-19(6-8-20)30-27-29-15-13-24(34-27)33-25-17-23(35-36-25)18-3-1-2-4-18/h13,15,17-22H,1-12,14,16H2,(H2,31,32,39)(H3,29,30,33,34,35,36). The van der Waals surface area contributed by atoms with Crippen LogP contribution < -0.4 is 21.3 Å². The Morgan fingerprint density at radius 2 is 1.59 bits per heavy atom. The Balaban J connectivity index is 0.907. The SMILES string of the molecule is O=C(NC1CCC(Nc2nccc(Nc3cc(C4CCCC4)[nH]n3)n2)CC1)NC1CCC(N2CCC2=O)CC1. The number of carbonyl (C=O) groups excluding carboxylic acids is 2. The Morgan fingerprint density at radius 3 is 2.26 bits per heavy atom. The van der Waals surface area contributed by atoms with E-state index in [0.29, 0.717) is 24.3 Å². The van der Waals surface area contributed by atoms with Gasteiger partial charge in [0.25, 0.3) is 0 Å². The molecule has 39 heavy (non-hydrogen) atoms. The fourth-order valence-electron chi connectivity index (χ4n) is 6.70. The molecular weight excluding hydrogens is 494 g/mol. The molecule has 0 atom stereocenters. The quantitative estimate of drug-likeness (QED) is 0.320. The lowest BCUT2D eigenvalue weighted by Crippen LogP contribution is -2.53. The van der Waals surface area contributed by atoms with Crippen LogP contribution in [-0.2, 0) is 4.79 Å². The molecule has 1 aliphatic heterocycles. The van der Waals surface area contributed by atoms with E-state index in [1.54, 1.807) is 6.20 Å². The van der Waals surface area contributed by atoms with E-state index in [2.05, 4.69) is 47.5 Å². The fraction of sp³-hybridized carbons (Fsp3) is 0.679. The summed E-state index contributed by atoms with van der Waals surface area (Å²) >= 11 is 0. The van der Waals surface area contributed by atoms with Gasteiger partial charge in [-0.25, -0.2) is 9.78 Å². The number of amides is 3. The molecule has 1 saturated heterocycles. The molecule has 2 aromatic heterocycles. The minimum atomic E-state index is -0.0635. The van der Waals surface area contributed by atoms with Gasteiger partial charge in [-0.2, -0.15) is 10.1 Å². The molecule has 0 bridgehead atoms. The molecule has 210 valence electrons. The van der Waals surface area contributed by atoms with E-state index in [4.69, 9.17) is 0 Å².